The Hall–Kier alpha value is -2.69. The van der Waals surface area contributed by atoms with Gasteiger partial charge in [-0.2, -0.15) is 0 Å². The number of benzene rings is 2. The van der Waals surface area contributed by atoms with Crippen molar-refractivity contribution in [3.8, 4) is 0 Å². The summed E-state index contributed by atoms with van der Waals surface area (Å²) in [4.78, 5) is 0. The van der Waals surface area contributed by atoms with Crippen LogP contribution in [0.4, 0.5) is 5.95 Å². The van der Waals surface area contributed by atoms with Crippen LogP contribution in [-0.4, -0.2) is 20.2 Å². The van der Waals surface area contributed by atoms with Gasteiger partial charge in [0.2, 0.25) is 5.95 Å². The van der Waals surface area contributed by atoms with Crippen molar-refractivity contribution in [2.24, 2.45) is 0 Å². The van der Waals surface area contributed by atoms with Gasteiger partial charge in [-0.15, -0.1) is 0 Å². The second-order valence-corrected chi connectivity index (χ2v) is 7.13. The third-order valence-electron chi connectivity index (χ3n) is 5.02. The minimum Gasteiger partial charge on any atom is -0.346 e. The second kappa shape index (κ2) is 6.31. The van der Waals surface area contributed by atoms with Crippen molar-refractivity contribution < 1.29 is 0 Å². The predicted octanol–water partition coefficient (Wildman–Crippen LogP) is 4.25. The van der Waals surface area contributed by atoms with E-state index in [1.54, 1.807) is 0 Å². The number of fused-ring (bicyclic) bond motifs is 1. The average Bonchev–Trinajstić information content (AvgIpc) is 3.10. The van der Waals surface area contributed by atoms with Gasteiger partial charge >= 0.3 is 0 Å². The van der Waals surface area contributed by atoms with E-state index in [0.717, 1.165) is 12.4 Å². The molecule has 0 unspecified atom stereocenters. The Morgan fingerprint density at radius 3 is 2.36 bits per heavy atom. The standard InChI is InChI=1S/C20H23N5/c1-13(2)15-8-10-16(11-9-15)18-12-19(17-6-4-14(3)5-7-17)25-20(21-18)22-23-24-25/h4-11,13,18-19H,12H2,1-3H3,(H,21,22,24)/t18-,19+/m0/s1. The SMILES string of the molecule is Cc1ccc([C@H]2C[C@@H](c3ccc(C(C)C)cc3)Nc3nnnn32)cc1. The molecule has 4 rings (SSSR count). The zero-order valence-electron chi connectivity index (χ0n) is 14.8. The number of tetrazole rings is 1. The number of hydrogen-bond donors (Lipinski definition) is 1. The molecule has 0 amide bonds. The van der Waals surface area contributed by atoms with E-state index in [0.29, 0.717) is 5.92 Å². The maximum absolute atomic E-state index is 4.20. The lowest BCUT2D eigenvalue weighted by molar-refractivity contribution is 0.423. The van der Waals surface area contributed by atoms with Crippen LogP contribution in [0.3, 0.4) is 0 Å². The summed E-state index contributed by atoms with van der Waals surface area (Å²) in [5.41, 5.74) is 5.13. The number of aromatic nitrogens is 4. The van der Waals surface area contributed by atoms with E-state index in [1.165, 1.54) is 22.3 Å². The van der Waals surface area contributed by atoms with Crippen molar-refractivity contribution in [3.05, 3.63) is 70.8 Å². The summed E-state index contributed by atoms with van der Waals surface area (Å²) in [5.74, 6) is 1.27. The van der Waals surface area contributed by atoms with Crippen LogP contribution in [-0.2, 0) is 0 Å². The first-order chi connectivity index (χ1) is 12.1. The van der Waals surface area contributed by atoms with Crippen molar-refractivity contribution in [1.82, 2.24) is 20.2 Å². The quantitative estimate of drug-likeness (QED) is 0.778. The number of anilines is 1. The van der Waals surface area contributed by atoms with E-state index in [9.17, 15) is 0 Å². The molecule has 3 aromatic rings. The molecular weight excluding hydrogens is 310 g/mol. The van der Waals surface area contributed by atoms with Gasteiger partial charge in [-0.05, 0) is 46.4 Å². The summed E-state index contributed by atoms with van der Waals surface area (Å²) in [6.07, 6.45) is 0.919. The summed E-state index contributed by atoms with van der Waals surface area (Å²) < 4.78 is 1.89. The molecule has 5 nitrogen and oxygen atoms in total. The third-order valence-corrected chi connectivity index (χ3v) is 5.02. The van der Waals surface area contributed by atoms with Crippen LogP contribution in [0.15, 0.2) is 48.5 Å². The van der Waals surface area contributed by atoms with Crippen LogP contribution in [0.25, 0.3) is 0 Å². The Kier molecular flexibility index (Phi) is 3.99. The lowest BCUT2D eigenvalue weighted by Crippen LogP contribution is -2.28. The van der Waals surface area contributed by atoms with E-state index in [2.05, 4.69) is 90.1 Å². The first-order valence-corrected chi connectivity index (χ1v) is 8.82. The van der Waals surface area contributed by atoms with Gasteiger partial charge in [0.1, 0.15) is 0 Å². The molecule has 2 aromatic carbocycles. The molecule has 0 bridgehead atoms. The highest BCUT2D eigenvalue weighted by Crippen LogP contribution is 2.37. The fourth-order valence-electron chi connectivity index (χ4n) is 3.43. The minimum atomic E-state index is 0.140. The lowest BCUT2D eigenvalue weighted by atomic mass is 9.91. The van der Waals surface area contributed by atoms with E-state index in [4.69, 9.17) is 0 Å². The van der Waals surface area contributed by atoms with Gasteiger partial charge in [-0.3, -0.25) is 0 Å². The topological polar surface area (TPSA) is 55.6 Å². The maximum atomic E-state index is 4.20. The van der Waals surface area contributed by atoms with Gasteiger partial charge in [0.25, 0.3) is 0 Å². The number of hydrogen-bond acceptors (Lipinski definition) is 4. The van der Waals surface area contributed by atoms with E-state index in [1.807, 2.05) is 4.68 Å². The van der Waals surface area contributed by atoms with Crippen LogP contribution in [0.1, 0.15) is 60.5 Å². The molecular formula is C20H23N5. The van der Waals surface area contributed by atoms with Crippen LogP contribution in [0.2, 0.25) is 0 Å². The van der Waals surface area contributed by atoms with Crippen molar-refractivity contribution >= 4 is 5.95 Å². The molecule has 1 aliphatic rings. The molecule has 1 aliphatic heterocycles. The zero-order valence-corrected chi connectivity index (χ0v) is 14.8. The highest BCUT2D eigenvalue weighted by Gasteiger charge is 2.30. The van der Waals surface area contributed by atoms with Crippen LogP contribution in [0, 0.1) is 6.92 Å². The summed E-state index contributed by atoms with van der Waals surface area (Å²) in [6.45, 7) is 6.54. The first-order valence-electron chi connectivity index (χ1n) is 8.82. The maximum Gasteiger partial charge on any atom is 0.243 e. The summed E-state index contributed by atoms with van der Waals surface area (Å²) in [6, 6.07) is 17.9. The van der Waals surface area contributed by atoms with Crippen LogP contribution in [0.5, 0.6) is 0 Å². The second-order valence-electron chi connectivity index (χ2n) is 7.13. The van der Waals surface area contributed by atoms with Crippen LogP contribution < -0.4 is 5.32 Å². The minimum absolute atomic E-state index is 0.140. The highest BCUT2D eigenvalue weighted by atomic mass is 15.6. The molecule has 25 heavy (non-hydrogen) atoms. The van der Waals surface area contributed by atoms with Gasteiger partial charge in [-0.25, -0.2) is 4.68 Å². The molecule has 128 valence electrons. The van der Waals surface area contributed by atoms with Gasteiger partial charge in [0.05, 0.1) is 12.1 Å². The van der Waals surface area contributed by atoms with Crippen molar-refractivity contribution in [2.45, 2.75) is 45.2 Å². The monoisotopic (exact) mass is 333 g/mol. The van der Waals surface area contributed by atoms with Gasteiger partial charge < -0.3 is 5.32 Å². The smallest absolute Gasteiger partial charge is 0.243 e. The fraction of sp³-hybridized carbons (Fsp3) is 0.350. The van der Waals surface area contributed by atoms with Gasteiger partial charge in [-0.1, -0.05) is 73.0 Å². The Balaban J connectivity index is 1.67. The molecule has 0 radical (unpaired) electrons. The summed E-state index contributed by atoms with van der Waals surface area (Å²) in [7, 11) is 0. The molecule has 2 heterocycles. The molecule has 0 aliphatic carbocycles. The van der Waals surface area contributed by atoms with Gasteiger partial charge in [0.15, 0.2) is 0 Å². The number of nitrogens with one attached hydrogen (secondary N) is 1. The molecule has 2 atom stereocenters. The van der Waals surface area contributed by atoms with E-state index >= 15 is 0 Å². The molecule has 5 heteroatoms. The number of aryl methyl sites for hydroxylation is 1. The molecule has 0 saturated carbocycles. The highest BCUT2D eigenvalue weighted by molar-refractivity contribution is 5.38. The third kappa shape index (κ3) is 3.02. The summed E-state index contributed by atoms with van der Waals surface area (Å²) >= 11 is 0. The Morgan fingerprint density at radius 1 is 1.00 bits per heavy atom. The Bertz CT molecular complexity index is 849. The van der Waals surface area contributed by atoms with Crippen molar-refractivity contribution in [3.63, 3.8) is 0 Å². The normalized spacial score (nSPS) is 19.5. The first kappa shape index (κ1) is 15.8. The summed E-state index contributed by atoms with van der Waals surface area (Å²) in [5, 5.41) is 15.7. The number of nitrogens with zero attached hydrogens (tertiary/aromatic N) is 4. The molecule has 0 saturated heterocycles. The molecule has 1 aromatic heterocycles. The van der Waals surface area contributed by atoms with Gasteiger partial charge in [0, 0.05) is 0 Å². The van der Waals surface area contributed by atoms with E-state index < -0.39 is 0 Å². The lowest BCUT2D eigenvalue weighted by Gasteiger charge is -2.31. The largest absolute Gasteiger partial charge is 0.346 e. The molecule has 0 fully saturated rings. The predicted molar refractivity (Wildman–Crippen MR) is 98.6 cm³/mol. The fourth-order valence-corrected chi connectivity index (χ4v) is 3.43. The zero-order chi connectivity index (χ0) is 17.4. The van der Waals surface area contributed by atoms with Crippen molar-refractivity contribution in [2.75, 3.05) is 5.32 Å². The van der Waals surface area contributed by atoms with Crippen molar-refractivity contribution in [1.29, 1.82) is 0 Å². The molecule has 0 spiro atoms. The van der Waals surface area contributed by atoms with E-state index in [-0.39, 0.29) is 12.1 Å². The number of rotatable bonds is 3. The Labute approximate surface area is 148 Å². The van der Waals surface area contributed by atoms with Crippen LogP contribution >= 0.6 is 0 Å². The Morgan fingerprint density at radius 2 is 1.68 bits per heavy atom. The molecule has 1 N–H and O–H groups in total. The average molecular weight is 333 g/mol.